The molecule has 1 amide bonds. The lowest BCUT2D eigenvalue weighted by atomic mass is 10.1. The monoisotopic (exact) mass is 346 g/mol. The molecule has 3 aromatic rings. The molecule has 1 aromatic heterocycles. The first-order valence-corrected chi connectivity index (χ1v) is 8.49. The fraction of sp³-hybridized carbons (Fsp3) is 0.190. The third-order valence-electron chi connectivity index (χ3n) is 4.24. The molecule has 0 unspecified atom stereocenters. The Kier molecular flexibility index (Phi) is 5.27. The summed E-state index contributed by atoms with van der Waals surface area (Å²) in [6.07, 6.45) is 1.61. The van der Waals surface area contributed by atoms with Crippen LogP contribution in [0.2, 0.25) is 0 Å². The van der Waals surface area contributed by atoms with Crippen LogP contribution in [0.3, 0.4) is 0 Å². The number of amides is 1. The Morgan fingerprint density at radius 1 is 1.04 bits per heavy atom. The lowest BCUT2D eigenvalue weighted by Crippen LogP contribution is -2.21. The van der Waals surface area contributed by atoms with Crippen molar-refractivity contribution in [3.05, 3.63) is 83.2 Å². The third kappa shape index (κ3) is 4.25. The van der Waals surface area contributed by atoms with Crippen molar-refractivity contribution in [3.63, 3.8) is 0 Å². The van der Waals surface area contributed by atoms with Crippen molar-refractivity contribution >= 4 is 17.5 Å². The van der Waals surface area contributed by atoms with Crippen LogP contribution >= 0.6 is 0 Å². The van der Waals surface area contributed by atoms with Crippen molar-refractivity contribution < 1.29 is 4.79 Å². The molecule has 5 nitrogen and oxygen atoms in total. The van der Waals surface area contributed by atoms with Gasteiger partial charge in [-0.15, -0.1) is 0 Å². The Bertz CT molecular complexity index is 909. The normalized spacial score (nSPS) is 10.4. The number of carbonyl (C=O) groups excluding carboxylic acids is 1. The van der Waals surface area contributed by atoms with Crippen LogP contribution in [0.25, 0.3) is 0 Å². The van der Waals surface area contributed by atoms with Crippen molar-refractivity contribution in [2.75, 3.05) is 17.3 Å². The third-order valence-corrected chi connectivity index (χ3v) is 4.24. The molecule has 26 heavy (non-hydrogen) atoms. The number of rotatable bonds is 5. The number of nitrogens with one attached hydrogen (secondary N) is 1. The summed E-state index contributed by atoms with van der Waals surface area (Å²) in [5.41, 5.74) is 4.58. The fourth-order valence-electron chi connectivity index (χ4n) is 2.60. The molecular weight excluding hydrogens is 324 g/mol. The van der Waals surface area contributed by atoms with Gasteiger partial charge < -0.3 is 10.2 Å². The summed E-state index contributed by atoms with van der Waals surface area (Å²) >= 11 is 0. The maximum atomic E-state index is 12.5. The molecule has 0 aliphatic heterocycles. The van der Waals surface area contributed by atoms with Crippen molar-refractivity contribution in [1.29, 1.82) is 0 Å². The van der Waals surface area contributed by atoms with Gasteiger partial charge >= 0.3 is 0 Å². The van der Waals surface area contributed by atoms with E-state index in [4.69, 9.17) is 0 Å². The molecule has 132 valence electrons. The number of aromatic nitrogens is 2. The molecule has 0 aliphatic rings. The Hall–Kier alpha value is -3.21. The molecule has 1 heterocycles. The number of carbonyl (C=O) groups is 1. The molecule has 0 spiro atoms. The largest absolute Gasteiger partial charge is 0.340 e. The van der Waals surface area contributed by atoms with Crippen LogP contribution in [0, 0.1) is 13.8 Å². The van der Waals surface area contributed by atoms with Gasteiger partial charge in [0.1, 0.15) is 5.69 Å². The lowest BCUT2D eigenvalue weighted by Gasteiger charge is -2.17. The van der Waals surface area contributed by atoms with E-state index in [1.165, 1.54) is 5.56 Å². The van der Waals surface area contributed by atoms with Crippen molar-refractivity contribution in [2.24, 2.45) is 0 Å². The second kappa shape index (κ2) is 7.78. The zero-order valence-electron chi connectivity index (χ0n) is 15.2. The molecule has 5 heteroatoms. The zero-order valence-corrected chi connectivity index (χ0v) is 15.2. The number of hydrogen-bond donors (Lipinski definition) is 1. The Morgan fingerprint density at radius 2 is 1.81 bits per heavy atom. The van der Waals surface area contributed by atoms with Crippen LogP contribution in [0.1, 0.15) is 27.2 Å². The van der Waals surface area contributed by atoms with Gasteiger partial charge in [0, 0.05) is 25.5 Å². The van der Waals surface area contributed by atoms with Gasteiger partial charge in [0.2, 0.25) is 5.95 Å². The van der Waals surface area contributed by atoms with Crippen LogP contribution in [-0.2, 0) is 6.54 Å². The molecule has 0 bridgehead atoms. The standard InChI is InChI=1S/C21H22N4O/c1-15-9-10-18(13-16(15)2)23-20(26)19-11-12-22-21(24-19)25(3)14-17-7-5-4-6-8-17/h4-13H,14H2,1-3H3,(H,23,26). The number of aryl methyl sites for hydroxylation is 2. The smallest absolute Gasteiger partial charge is 0.274 e. The van der Waals surface area contributed by atoms with Crippen LogP contribution in [0.5, 0.6) is 0 Å². The minimum atomic E-state index is -0.245. The molecule has 0 aliphatic carbocycles. The van der Waals surface area contributed by atoms with Gasteiger partial charge in [-0.1, -0.05) is 36.4 Å². The van der Waals surface area contributed by atoms with Gasteiger partial charge in [0.05, 0.1) is 0 Å². The number of hydrogen-bond acceptors (Lipinski definition) is 4. The van der Waals surface area contributed by atoms with Crippen molar-refractivity contribution in [2.45, 2.75) is 20.4 Å². The quantitative estimate of drug-likeness (QED) is 0.759. The lowest BCUT2D eigenvalue weighted by molar-refractivity contribution is 0.102. The topological polar surface area (TPSA) is 58.1 Å². The van der Waals surface area contributed by atoms with Crippen LogP contribution in [0.4, 0.5) is 11.6 Å². The van der Waals surface area contributed by atoms with E-state index in [1.54, 1.807) is 12.3 Å². The van der Waals surface area contributed by atoms with Crippen LogP contribution in [-0.4, -0.2) is 22.9 Å². The maximum Gasteiger partial charge on any atom is 0.274 e. The van der Waals surface area contributed by atoms with E-state index in [-0.39, 0.29) is 5.91 Å². The number of anilines is 2. The highest BCUT2D eigenvalue weighted by molar-refractivity contribution is 6.03. The summed E-state index contributed by atoms with van der Waals surface area (Å²) in [5, 5.41) is 2.89. The summed E-state index contributed by atoms with van der Waals surface area (Å²) in [6, 6.07) is 17.5. The first kappa shape index (κ1) is 17.6. The first-order valence-electron chi connectivity index (χ1n) is 8.49. The summed E-state index contributed by atoms with van der Waals surface area (Å²) < 4.78 is 0. The predicted octanol–water partition coefficient (Wildman–Crippen LogP) is 3.98. The van der Waals surface area contributed by atoms with E-state index in [0.29, 0.717) is 18.2 Å². The van der Waals surface area contributed by atoms with Gasteiger partial charge in [0.25, 0.3) is 5.91 Å². The molecule has 0 saturated carbocycles. The predicted molar refractivity (Wildman–Crippen MR) is 104 cm³/mol. The molecule has 0 fully saturated rings. The highest BCUT2D eigenvalue weighted by Crippen LogP contribution is 2.16. The second-order valence-corrected chi connectivity index (χ2v) is 6.34. The van der Waals surface area contributed by atoms with Crippen molar-refractivity contribution in [3.8, 4) is 0 Å². The summed E-state index contributed by atoms with van der Waals surface area (Å²) in [5.74, 6) is 0.270. The van der Waals surface area contributed by atoms with Crippen LogP contribution in [0.15, 0.2) is 60.8 Å². The molecule has 1 N–H and O–H groups in total. The SMILES string of the molecule is Cc1ccc(NC(=O)c2ccnc(N(C)Cc3ccccc3)n2)cc1C. The van der Waals surface area contributed by atoms with Gasteiger partial charge in [-0.2, -0.15) is 0 Å². The van der Waals surface area contributed by atoms with E-state index < -0.39 is 0 Å². The van der Waals surface area contributed by atoms with Crippen LogP contribution < -0.4 is 10.2 Å². The maximum absolute atomic E-state index is 12.5. The Balaban J connectivity index is 1.73. The average Bonchev–Trinajstić information content (AvgIpc) is 2.65. The molecule has 0 saturated heterocycles. The highest BCUT2D eigenvalue weighted by Gasteiger charge is 2.12. The number of benzene rings is 2. The van der Waals surface area contributed by atoms with E-state index in [0.717, 1.165) is 16.8 Å². The Labute approximate surface area is 153 Å². The van der Waals surface area contributed by atoms with E-state index in [1.807, 2.05) is 74.3 Å². The zero-order chi connectivity index (χ0) is 18.5. The van der Waals surface area contributed by atoms with Gasteiger partial charge in [-0.25, -0.2) is 9.97 Å². The molecule has 3 rings (SSSR count). The highest BCUT2D eigenvalue weighted by atomic mass is 16.1. The molecular formula is C21H22N4O. The summed E-state index contributed by atoms with van der Waals surface area (Å²) in [6.45, 7) is 4.73. The van der Waals surface area contributed by atoms with Gasteiger partial charge in [-0.05, 0) is 48.7 Å². The van der Waals surface area contributed by atoms with E-state index >= 15 is 0 Å². The second-order valence-electron chi connectivity index (χ2n) is 6.34. The summed E-state index contributed by atoms with van der Waals surface area (Å²) in [4.78, 5) is 23.1. The Morgan fingerprint density at radius 3 is 2.54 bits per heavy atom. The number of nitrogens with zero attached hydrogens (tertiary/aromatic N) is 3. The van der Waals surface area contributed by atoms with E-state index in [2.05, 4.69) is 15.3 Å². The van der Waals surface area contributed by atoms with Crippen molar-refractivity contribution in [1.82, 2.24) is 9.97 Å². The fourth-order valence-corrected chi connectivity index (χ4v) is 2.60. The van der Waals surface area contributed by atoms with Gasteiger partial charge in [-0.3, -0.25) is 4.79 Å². The van der Waals surface area contributed by atoms with Gasteiger partial charge in [0.15, 0.2) is 0 Å². The molecule has 0 radical (unpaired) electrons. The minimum Gasteiger partial charge on any atom is -0.340 e. The van der Waals surface area contributed by atoms with E-state index in [9.17, 15) is 4.79 Å². The molecule has 0 atom stereocenters. The summed E-state index contributed by atoms with van der Waals surface area (Å²) in [7, 11) is 1.91. The molecule has 2 aromatic carbocycles. The first-order chi connectivity index (χ1) is 12.5. The average molecular weight is 346 g/mol. The minimum absolute atomic E-state index is 0.245.